The molecule has 0 aliphatic rings. The number of aryl methyl sites for hydroxylation is 1. The number of anilines is 2. The van der Waals surface area contributed by atoms with Gasteiger partial charge in [-0.25, -0.2) is 4.98 Å². The summed E-state index contributed by atoms with van der Waals surface area (Å²) in [6, 6.07) is 9.36. The summed E-state index contributed by atoms with van der Waals surface area (Å²) in [6.45, 7) is 5.74. The van der Waals surface area contributed by atoms with Crippen LogP contribution in [0, 0.1) is 6.92 Å². The number of aromatic nitrogens is 2. The number of benzene rings is 1. The normalized spacial score (nSPS) is 10.6. The molecule has 1 aromatic carbocycles. The van der Waals surface area contributed by atoms with E-state index in [4.69, 9.17) is 4.74 Å². The first kappa shape index (κ1) is 19.2. The summed E-state index contributed by atoms with van der Waals surface area (Å²) in [5.41, 5.74) is 1.82. The number of hydrogen-bond acceptors (Lipinski definition) is 6. The molecule has 0 aliphatic carbocycles. The van der Waals surface area contributed by atoms with Gasteiger partial charge in [0.1, 0.15) is 11.6 Å². The molecule has 2 aromatic rings. The Balaban J connectivity index is 1.75. The van der Waals surface area contributed by atoms with Gasteiger partial charge in [-0.3, -0.25) is 4.79 Å². The maximum Gasteiger partial charge on any atom is 0.244 e. The van der Waals surface area contributed by atoms with Gasteiger partial charge in [0.2, 0.25) is 11.9 Å². The Morgan fingerprint density at radius 3 is 2.62 bits per heavy atom. The minimum Gasteiger partial charge on any atom is -0.497 e. The molecule has 0 spiro atoms. The van der Waals surface area contributed by atoms with Gasteiger partial charge in [0.05, 0.1) is 7.11 Å². The lowest BCUT2D eigenvalue weighted by molar-refractivity contribution is -0.116. The first-order valence-corrected chi connectivity index (χ1v) is 8.54. The van der Waals surface area contributed by atoms with Crippen LogP contribution in [-0.2, 0) is 4.79 Å². The van der Waals surface area contributed by atoms with E-state index in [-0.39, 0.29) is 5.91 Å². The predicted molar refractivity (Wildman–Crippen MR) is 104 cm³/mol. The number of methoxy groups -OCH3 is 1. The van der Waals surface area contributed by atoms with Crippen LogP contribution < -0.4 is 20.7 Å². The number of carbonyl (C=O) groups is 1. The second-order valence-electron chi connectivity index (χ2n) is 5.57. The molecular weight excluding hydrogens is 330 g/mol. The summed E-state index contributed by atoms with van der Waals surface area (Å²) in [5.74, 6) is 1.97. The first-order chi connectivity index (χ1) is 12.6. The standard InChI is InChI=1S/C19H25N5O2/c1-4-20-19-23-14(2)13-17(24-19)21-11-12-22-18(25)10-7-15-5-8-16(26-3)9-6-15/h5-10,13H,4,11-12H2,1-3H3,(H,22,25)(H2,20,21,23,24)/b10-7+. The van der Waals surface area contributed by atoms with Gasteiger partial charge < -0.3 is 20.7 Å². The largest absolute Gasteiger partial charge is 0.497 e. The molecule has 138 valence electrons. The Hall–Kier alpha value is -3.09. The molecule has 0 saturated carbocycles. The molecule has 0 unspecified atom stereocenters. The number of ether oxygens (including phenoxy) is 1. The summed E-state index contributed by atoms with van der Waals surface area (Å²) < 4.78 is 5.10. The molecule has 1 amide bonds. The Bertz CT molecular complexity index is 744. The number of carbonyl (C=O) groups excluding carboxylic acids is 1. The van der Waals surface area contributed by atoms with Crippen molar-refractivity contribution in [2.45, 2.75) is 13.8 Å². The van der Waals surface area contributed by atoms with E-state index in [2.05, 4.69) is 25.9 Å². The SMILES string of the molecule is CCNc1nc(C)cc(NCCNC(=O)/C=C/c2ccc(OC)cc2)n1. The molecule has 3 N–H and O–H groups in total. The summed E-state index contributed by atoms with van der Waals surface area (Å²) in [4.78, 5) is 20.5. The zero-order valence-electron chi connectivity index (χ0n) is 15.4. The third-order valence-corrected chi connectivity index (χ3v) is 3.46. The predicted octanol–water partition coefficient (Wildman–Crippen LogP) is 2.47. The van der Waals surface area contributed by atoms with Crippen molar-refractivity contribution in [1.82, 2.24) is 15.3 Å². The molecule has 1 heterocycles. The highest BCUT2D eigenvalue weighted by atomic mass is 16.5. The lowest BCUT2D eigenvalue weighted by atomic mass is 10.2. The van der Waals surface area contributed by atoms with Gasteiger partial charge >= 0.3 is 0 Å². The number of rotatable bonds is 9. The average molecular weight is 355 g/mol. The fraction of sp³-hybridized carbons (Fsp3) is 0.316. The van der Waals surface area contributed by atoms with Gasteiger partial charge in [0.25, 0.3) is 0 Å². The highest BCUT2D eigenvalue weighted by molar-refractivity contribution is 5.91. The molecule has 2 rings (SSSR count). The number of nitrogens with one attached hydrogen (secondary N) is 3. The van der Waals surface area contributed by atoms with Gasteiger partial charge in [-0.05, 0) is 37.6 Å². The van der Waals surface area contributed by atoms with Crippen LogP contribution in [0.25, 0.3) is 6.08 Å². The number of amides is 1. The Labute approximate surface area is 153 Å². The zero-order chi connectivity index (χ0) is 18.8. The fourth-order valence-corrected chi connectivity index (χ4v) is 2.22. The van der Waals surface area contributed by atoms with Crippen LogP contribution in [0.4, 0.5) is 11.8 Å². The summed E-state index contributed by atoms with van der Waals surface area (Å²) >= 11 is 0. The van der Waals surface area contributed by atoms with Crippen molar-refractivity contribution in [2.24, 2.45) is 0 Å². The van der Waals surface area contributed by atoms with Crippen molar-refractivity contribution in [3.8, 4) is 5.75 Å². The molecule has 0 aliphatic heterocycles. The Morgan fingerprint density at radius 2 is 1.92 bits per heavy atom. The molecular formula is C19H25N5O2. The van der Waals surface area contributed by atoms with Crippen molar-refractivity contribution in [1.29, 1.82) is 0 Å². The smallest absolute Gasteiger partial charge is 0.244 e. The summed E-state index contributed by atoms with van der Waals surface area (Å²) in [6.07, 6.45) is 3.28. The van der Waals surface area contributed by atoms with E-state index in [0.717, 1.165) is 29.4 Å². The van der Waals surface area contributed by atoms with Crippen molar-refractivity contribution < 1.29 is 9.53 Å². The van der Waals surface area contributed by atoms with Crippen LogP contribution in [-0.4, -0.2) is 42.6 Å². The molecule has 7 heteroatoms. The molecule has 0 bridgehead atoms. The fourth-order valence-electron chi connectivity index (χ4n) is 2.22. The molecule has 0 atom stereocenters. The summed E-state index contributed by atoms with van der Waals surface area (Å²) in [5, 5.41) is 9.10. The van der Waals surface area contributed by atoms with E-state index >= 15 is 0 Å². The van der Waals surface area contributed by atoms with Crippen molar-refractivity contribution in [3.05, 3.63) is 47.7 Å². The maximum absolute atomic E-state index is 11.9. The lowest BCUT2D eigenvalue weighted by Crippen LogP contribution is -2.27. The van der Waals surface area contributed by atoms with Crippen molar-refractivity contribution in [3.63, 3.8) is 0 Å². The van der Waals surface area contributed by atoms with E-state index in [1.165, 1.54) is 6.08 Å². The molecule has 0 radical (unpaired) electrons. The van der Waals surface area contributed by atoms with Gasteiger partial charge in [0.15, 0.2) is 0 Å². The highest BCUT2D eigenvalue weighted by Gasteiger charge is 2.01. The third kappa shape index (κ3) is 6.43. The third-order valence-electron chi connectivity index (χ3n) is 3.46. The van der Waals surface area contributed by atoms with E-state index in [0.29, 0.717) is 19.0 Å². The lowest BCUT2D eigenvalue weighted by Gasteiger charge is -2.09. The average Bonchev–Trinajstić information content (AvgIpc) is 2.64. The van der Waals surface area contributed by atoms with Gasteiger partial charge in [0, 0.05) is 37.5 Å². The van der Waals surface area contributed by atoms with Crippen LogP contribution in [0.15, 0.2) is 36.4 Å². The first-order valence-electron chi connectivity index (χ1n) is 8.54. The second kappa shape index (κ2) is 10.0. The van der Waals surface area contributed by atoms with Crippen LogP contribution in [0.3, 0.4) is 0 Å². The van der Waals surface area contributed by atoms with E-state index in [9.17, 15) is 4.79 Å². The molecule has 0 saturated heterocycles. The van der Waals surface area contributed by atoms with Crippen LogP contribution in [0.5, 0.6) is 5.75 Å². The van der Waals surface area contributed by atoms with Crippen molar-refractivity contribution in [2.75, 3.05) is 37.4 Å². The van der Waals surface area contributed by atoms with Gasteiger partial charge in [-0.15, -0.1) is 0 Å². The van der Waals surface area contributed by atoms with Gasteiger partial charge in [-0.2, -0.15) is 4.98 Å². The van der Waals surface area contributed by atoms with E-state index in [1.54, 1.807) is 13.2 Å². The number of hydrogen-bond donors (Lipinski definition) is 3. The van der Waals surface area contributed by atoms with E-state index in [1.807, 2.05) is 44.2 Å². The Morgan fingerprint density at radius 1 is 1.15 bits per heavy atom. The van der Waals surface area contributed by atoms with Gasteiger partial charge in [-0.1, -0.05) is 12.1 Å². The molecule has 1 aromatic heterocycles. The minimum atomic E-state index is -0.144. The number of nitrogens with zero attached hydrogens (tertiary/aromatic N) is 2. The maximum atomic E-state index is 11.9. The van der Waals surface area contributed by atoms with Crippen LogP contribution in [0.1, 0.15) is 18.2 Å². The zero-order valence-corrected chi connectivity index (χ0v) is 15.4. The van der Waals surface area contributed by atoms with E-state index < -0.39 is 0 Å². The topological polar surface area (TPSA) is 88.2 Å². The monoisotopic (exact) mass is 355 g/mol. The summed E-state index contributed by atoms with van der Waals surface area (Å²) in [7, 11) is 1.62. The molecule has 7 nitrogen and oxygen atoms in total. The second-order valence-corrected chi connectivity index (χ2v) is 5.57. The van der Waals surface area contributed by atoms with Crippen LogP contribution >= 0.6 is 0 Å². The quantitative estimate of drug-likeness (QED) is 0.473. The highest BCUT2D eigenvalue weighted by Crippen LogP contribution is 2.12. The van der Waals surface area contributed by atoms with Crippen molar-refractivity contribution >= 4 is 23.7 Å². The molecule has 26 heavy (non-hydrogen) atoms. The minimum absolute atomic E-state index is 0.144. The van der Waals surface area contributed by atoms with Crippen LogP contribution in [0.2, 0.25) is 0 Å². The molecule has 0 fully saturated rings. The Kier molecular flexibility index (Phi) is 7.42.